The molecule has 1 saturated carbocycles. The number of likely N-dealkylation sites (tertiary alicyclic amines) is 1. The Hall–Kier alpha value is -0.610. The lowest BCUT2D eigenvalue weighted by atomic mass is 9.80. The van der Waals surface area contributed by atoms with Crippen LogP contribution in [0, 0.1) is 5.41 Å². The lowest BCUT2D eigenvalue weighted by Gasteiger charge is -2.49. The van der Waals surface area contributed by atoms with Crippen LogP contribution in [0.1, 0.15) is 39.5 Å². The lowest BCUT2D eigenvalue weighted by Crippen LogP contribution is -2.66. The van der Waals surface area contributed by atoms with Gasteiger partial charge in [0.1, 0.15) is 0 Å². The lowest BCUT2D eigenvalue weighted by molar-refractivity contribution is -0.165. The predicted octanol–water partition coefficient (Wildman–Crippen LogP) is 0.487. The molecule has 0 aromatic heterocycles. The molecule has 1 amide bonds. The third-order valence-electron chi connectivity index (χ3n) is 4.43. The molecule has 0 bridgehead atoms. The molecule has 0 spiro atoms. The summed E-state index contributed by atoms with van der Waals surface area (Å²) in [4.78, 5) is 14.1. The van der Waals surface area contributed by atoms with Gasteiger partial charge in [-0.2, -0.15) is 0 Å². The van der Waals surface area contributed by atoms with Gasteiger partial charge in [0.25, 0.3) is 0 Å². The Morgan fingerprint density at radius 2 is 2.19 bits per heavy atom. The molecule has 4 heteroatoms. The van der Waals surface area contributed by atoms with E-state index in [-0.39, 0.29) is 11.9 Å². The van der Waals surface area contributed by atoms with Crippen molar-refractivity contribution in [3.05, 3.63) is 0 Å². The Morgan fingerprint density at radius 3 is 2.62 bits per heavy atom. The Morgan fingerprint density at radius 1 is 1.56 bits per heavy atom. The van der Waals surface area contributed by atoms with Crippen molar-refractivity contribution in [1.82, 2.24) is 4.90 Å². The molecule has 92 valence electrons. The van der Waals surface area contributed by atoms with E-state index in [9.17, 15) is 9.90 Å². The van der Waals surface area contributed by atoms with E-state index < -0.39 is 11.0 Å². The van der Waals surface area contributed by atoms with Gasteiger partial charge in [-0.15, -0.1) is 0 Å². The fraction of sp³-hybridized carbons (Fsp3) is 0.917. The highest BCUT2D eigenvalue weighted by Crippen LogP contribution is 2.40. The van der Waals surface area contributed by atoms with Crippen LogP contribution in [0.25, 0.3) is 0 Å². The van der Waals surface area contributed by atoms with Crippen LogP contribution in [0.2, 0.25) is 0 Å². The Kier molecular flexibility index (Phi) is 2.75. The smallest absolute Gasteiger partial charge is 0.230 e. The first-order valence-electron chi connectivity index (χ1n) is 6.19. The summed E-state index contributed by atoms with van der Waals surface area (Å²) in [6.07, 6.45) is 3.57. The van der Waals surface area contributed by atoms with Crippen molar-refractivity contribution in [3.63, 3.8) is 0 Å². The summed E-state index contributed by atoms with van der Waals surface area (Å²) in [6, 6.07) is -0.0182. The van der Waals surface area contributed by atoms with Crippen molar-refractivity contribution in [2.75, 3.05) is 13.1 Å². The van der Waals surface area contributed by atoms with Crippen molar-refractivity contribution < 1.29 is 9.90 Å². The fourth-order valence-electron chi connectivity index (χ4n) is 2.85. The summed E-state index contributed by atoms with van der Waals surface area (Å²) in [5.41, 5.74) is 4.98. The predicted molar refractivity (Wildman–Crippen MR) is 61.8 cm³/mol. The molecule has 0 aromatic rings. The van der Waals surface area contributed by atoms with E-state index in [0.717, 1.165) is 19.3 Å². The molecule has 1 aliphatic heterocycles. The van der Waals surface area contributed by atoms with Crippen LogP contribution in [0.5, 0.6) is 0 Å². The third-order valence-corrected chi connectivity index (χ3v) is 4.43. The normalized spacial score (nSPS) is 37.2. The van der Waals surface area contributed by atoms with Gasteiger partial charge < -0.3 is 15.7 Å². The van der Waals surface area contributed by atoms with Crippen LogP contribution in [-0.2, 0) is 4.79 Å². The van der Waals surface area contributed by atoms with Gasteiger partial charge in [-0.05, 0) is 26.2 Å². The number of aliphatic hydroxyl groups is 1. The van der Waals surface area contributed by atoms with E-state index in [1.807, 2.05) is 13.8 Å². The third kappa shape index (κ3) is 1.64. The number of nitrogens with two attached hydrogens (primary N) is 1. The van der Waals surface area contributed by atoms with Crippen molar-refractivity contribution in [1.29, 1.82) is 0 Å². The molecule has 2 fully saturated rings. The number of nitrogens with zero attached hydrogens (tertiary/aromatic N) is 1. The van der Waals surface area contributed by atoms with E-state index in [4.69, 9.17) is 5.73 Å². The zero-order chi connectivity index (χ0) is 12.0. The summed E-state index contributed by atoms with van der Waals surface area (Å²) in [6.45, 7) is 4.87. The molecule has 0 aromatic carbocycles. The van der Waals surface area contributed by atoms with Gasteiger partial charge in [-0.25, -0.2) is 0 Å². The fourth-order valence-corrected chi connectivity index (χ4v) is 2.85. The molecule has 0 radical (unpaired) electrons. The zero-order valence-corrected chi connectivity index (χ0v) is 10.2. The van der Waals surface area contributed by atoms with Crippen molar-refractivity contribution >= 4 is 5.91 Å². The number of carbonyl (C=O) groups excluding carboxylic acids is 1. The van der Waals surface area contributed by atoms with E-state index in [1.165, 1.54) is 0 Å². The van der Waals surface area contributed by atoms with Crippen molar-refractivity contribution in [2.24, 2.45) is 11.1 Å². The average Bonchev–Trinajstić information content (AvgIpc) is 2.55. The van der Waals surface area contributed by atoms with Gasteiger partial charge in [-0.1, -0.05) is 13.3 Å². The number of hydrogen-bond acceptors (Lipinski definition) is 3. The van der Waals surface area contributed by atoms with E-state index in [0.29, 0.717) is 19.5 Å². The molecule has 2 unspecified atom stereocenters. The summed E-state index contributed by atoms with van der Waals surface area (Å²) in [5.74, 6) is 0.135. The molecular formula is C12H22N2O2. The minimum absolute atomic E-state index is 0.0182. The van der Waals surface area contributed by atoms with Gasteiger partial charge in [0.2, 0.25) is 5.91 Å². The summed E-state index contributed by atoms with van der Waals surface area (Å²) in [5, 5.41) is 9.91. The maximum Gasteiger partial charge on any atom is 0.230 e. The van der Waals surface area contributed by atoms with E-state index in [1.54, 1.807) is 4.90 Å². The molecular weight excluding hydrogens is 204 g/mol. The van der Waals surface area contributed by atoms with Crippen LogP contribution < -0.4 is 5.73 Å². The molecule has 16 heavy (non-hydrogen) atoms. The van der Waals surface area contributed by atoms with Crippen LogP contribution in [0.3, 0.4) is 0 Å². The molecule has 4 nitrogen and oxygen atoms in total. The first kappa shape index (κ1) is 11.9. The molecule has 1 aliphatic carbocycles. The second-order valence-electron chi connectivity index (χ2n) is 5.66. The second kappa shape index (κ2) is 3.70. The summed E-state index contributed by atoms with van der Waals surface area (Å²) >= 11 is 0. The Labute approximate surface area is 96.8 Å². The molecule has 2 atom stereocenters. The van der Waals surface area contributed by atoms with Gasteiger partial charge in [0, 0.05) is 6.04 Å². The van der Waals surface area contributed by atoms with Gasteiger partial charge >= 0.3 is 0 Å². The van der Waals surface area contributed by atoms with Crippen LogP contribution in [0.4, 0.5) is 0 Å². The number of rotatable bonds is 2. The first-order chi connectivity index (χ1) is 7.41. The molecule has 3 N–H and O–H groups in total. The van der Waals surface area contributed by atoms with Crippen LogP contribution in [-0.4, -0.2) is 40.6 Å². The van der Waals surface area contributed by atoms with Crippen LogP contribution in [0.15, 0.2) is 0 Å². The van der Waals surface area contributed by atoms with Crippen LogP contribution >= 0.6 is 0 Å². The number of amides is 1. The maximum atomic E-state index is 12.3. The SMILES string of the molecule is CCC1(O)CN(C(=O)C2(C)CCCC2N)C1. The number of carbonyl (C=O) groups is 1. The zero-order valence-electron chi connectivity index (χ0n) is 10.2. The van der Waals surface area contributed by atoms with Crippen molar-refractivity contribution in [3.8, 4) is 0 Å². The molecule has 1 heterocycles. The first-order valence-corrected chi connectivity index (χ1v) is 6.19. The summed E-state index contributed by atoms with van der Waals surface area (Å²) < 4.78 is 0. The average molecular weight is 226 g/mol. The highest BCUT2D eigenvalue weighted by atomic mass is 16.3. The Balaban J connectivity index is 2.00. The molecule has 2 rings (SSSR count). The standard InChI is InChI=1S/C12H22N2O2/c1-3-12(16)7-14(8-12)10(15)11(2)6-4-5-9(11)13/h9,16H,3-8,13H2,1-2H3. The van der Waals surface area contributed by atoms with E-state index >= 15 is 0 Å². The highest BCUT2D eigenvalue weighted by molar-refractivity contribution is 5.84. The second-order valence-corrected chi connectivity index (χ2v) is 5.66. The largest absolute Gasteiger partial charge is 0.386 e. The maximum absolute atomic E-state index is 12.3. The minimum atomic E-state index is -0.644. The van der Waals surface area contributed by atoms with Gasteiger partial charge in [-0.3, -0.25) is 4.79 Å². The number of hydrogen-bond donors (Lipinski definition) is 2. The molecule has 2 aliphatic rings. The van der Waals surface area contributed by atoms with E-state index in [2.05, 4.69) is 0 Å². The molecule has 1 saturated heterocycles. The van der Waals surface area contributed by atoms with Gasteiger partial charge in [0.05, 0.1) is 24.1 Å². The minimum Gasteiger partial charge on any atom is -0.386 e. The quantitative estimate of drug-likeness (QED) is 0.720. The van der Waals surface area contributed by atoms with Crippen molar-refractivity contribution in [2.45, 2.75) is 51.2 Å². The Bertz CT molecular complexity index is 299. The van der Waals surface area contributed by atoms with Gasteiger partial charge in [0.15, 0.2) is 0 Å². The monoisotopic (exact) mass is 226 g/mol. The highest BCUT2D eigenvalue weighted by Gasteiger charge is 2.50. The number of β-amino-alcohol motifs (C(OH)–C–C–N with tert-alkyl or cyclic N) is 1. The summed E-state index contributed by atoms with van der Waals surface area (Å²) in [7, 11) is 0. The topological polar surface area (TPSA) is 66.6 Å².